The van der Waals surface area contributed by atoms with Gasteiger partial charge in [-0.15, -0.1) is 11.6 Å². The molecule has 0 aliphatic carbocycles. The third-order valence-electron chi connectivity index (χ3n) is 3.19. The van der Waals surface area contributed by atoms with Gasteiger partial charge in [0, 0.05) is 12.3 Å². The molecule has 0 radical (unpaired) electrons. The Balaban J connectivity index is 2.40. The molecule has 0 unspecified atom stereocenters. The van der Waals surface area contributed by atoms with E-state index in [0.29, 0.717) is 12.2 Å². The summed E-state index contributed by atoms with van der Waals surface area (Å²) in [6.45, 7) is 0. The summed E-state index contributed by atoms with van der Waals surface area (Å²) in [4.78, 5) is 4.23. The Morgan fingerprint density at radius 2 is 1.76 bits per heavy atom. The lowest BCUT2D eigenvalue weighted by Gasteiger charge is -2.10. The Morgan fingerprint density at radius 3 is 2.48 bits per heavy atom. The molecular formula is C15H10ClF3N2. The molecule has 0 amide bonds. The van der Waals surface area contributed by atoms with Crippen LogP contribution in [0.25, 0.3) is 16.7 Å². The van der Waals surface area contributed by atoms with Crippen molar-refractivity contribution in [2.45, 2.75) is 6.42 Å². The van der Waals surface area contributed by atoms with Crippen LogP contribution in [0.3, 0.4) is 0 Å². The minimum absolute atomic E-state index is 0.0831. The number of aryl methyl sites for hydroxylation is 1. The zero-order valence-corrected chi connectivity index (χ0v) is 11.5. The van der Waals surface area contributed by atoms with Crippen molar-refractivity contribution in [3.05, 3.63) is 59.7 Å². The van der Waals surface area contributed by atoms with Crippen LogP contribution in [0.5, 0.6) is 0 Å². The molecule has 0 spiro atoms. The lowest BCUT2D eigenvalue weighted by atomic mass is 10.2. The average molecular weight is 311 g/mol. The fraction of sp³-hybridized carbons (Fsp3) is 0.133. The number of para-hydroxylation sites is 1. The molecule has 21 heavy (non-hydrogen) atoms. The molecule has 0 fully saturated rings. The molecule has 0 aliphatic heterocycles. The van der Waals surface area contributed by atoms with Crippen molar-refractivity contribution in [2.75, 3.05) is 5.88 Å². The van der Waals surface area contributed by atoms with Crippen molar-refractivity contribution in [1.29, 1.82) is 0 Å². The number of fused-ring (bicyclic) bond motifs is 1. The predicted molar refractivity (Wildman–Crippen MR) is 75.4 cm³/mol. The van der Waals surface area contributed by atoms with E-state index in [1.165, 1.54) is 28.8 Å². The Bertz CT molecular complexity index is 814. The summed E-state index contributed by atoms with van der Waals surface area (Å²) in [5.41, 5.74) is 0.294. The van der Waals surface area contributed by atoms with E-state index in [0.717, 1.165) is 6.07 Å². The largest absolute Gasteiger partial charge is 0.290 e. The van der Waals surface area contributed by atoms with Crippen molar-refractivity contribution in [3.63, 3.8) is 0 Å². The number of benzene rings is 2. The summed E-state index contributed by atoms with van der Waals surface area (Å²) in [5.74, 6) is -1.98. The number of rotatable bonds is 3. The number of hydrogen-bond donors (Lipinski definition) is 0. The fourth-order valence-electron chi connectivity index (χ4n) is 2.30. The second-order valence-corrected chi connectivity index (χ2v) is 4.86. The second-order valence-electron chi connectivity index (χ2n) is 4.48. The highest BCUT2D eigenvalue weighted by Gasteiger charge is 2.19. The van der Waals surface area contributed by atoms with Crippen LogP contribution in [-0.4, -0.2) is 15.4 Å². The molecule has 1 heterocycles. The van der Waals surface area contributed by atoms with Gasteiger partial charge < -0.3 is 0 Å². The van der Waals surface area contributed by atoms with E-state index in [9.17, 15) is 13.2 Å². The van der Waals surface area contributed by atoms with Crippen LogP contribution in [0.1, 0.15) is 5.82 Å². The summed E-state index contributed by atoms with van der Waals surface area (Å²) in [5, 5.41) is 0. The van der Waals surface area contributed by atoms with Crippen molar-refractivity contribution < 1.29 is 13.2 Å². The molecule has 108 valence electrons. The van der Waals surface area contributed by atoms with Crippen LogP contribution < -0.4 is 0 Å². The van der Waals surface area contributed by atoms with E-state index < -0.39 is 17.5 Å². The van der Waals surface area contributed by atoms with E-state index in [2.05, 4.69) is 4.98 Å². The number of alkyl halides is 1. The Hall–Kier alpha value is -2.01. The third-order valence-corrected chi connectivity index (χ3v) is 3.38. The number of halogens is 4. The van der Waals surface area contributed by atoms with Gasteiger partial charge in [-0.3, -0.25) is 4.57 Å². The molecule has 0 saturated carbocycles. The van der Waals surface area contributed by atoms with Crippen LogP contribution in [-0.2, 0) is 6.42 Å². The van der Waals surface area contributed by atoms with Crippen LogP contribution in [0.2, 0.25) is 0 Å². The maximum Gasteiger partial charge on any atom is 0.185 e. The first-order chi connectivity index (χ1) is 10.1. The smallest absolute Gasteiger partial charge is 0.185 e. The standard InChI is InChI=1S/C15H10ClF3N2/c16-8-7-13-20-11-6-5-10(18)14(19)15(11)21(13)12-4-2-1-3-9(12)17/h1-6H,7-8H2. The molecule has 0 aliphatic rings. The molecule has 6 heteroatoms. The molecule has 0 atom stereocenters. The van der Waals surface area contributed by atoms with Gasteiger partial charge in [0.05, 0.1) is 11.2 Å². The lowest BCUT2D eigenvalue weighted by molar-refractivity contribution is 0.513. The number of imidazole rings is 1. The Labute approximate surface area is 123 Å². The molecule has 0 N–H and O–H groups in total. The zero-order valence-electron chi connectivity index (χ0n) is 10.8. The van der Waals surface area contributed by atoms with Gasteiger partial charge in [0.25, 0.3) is 0 Å². The fourth-order valence-corrected chi connectivity index (χ4v) is 2.46. The quantitative estimate of drug-likeness (QED) is 0.662. The van der Waals surface area contributed by atoms with Crippen LogP contribution in [0.4, 0.5) is 13.2 Å². The number of hydrogen-bond acceptors (Lipinski definition) is 1. The molecule has 1 aromatic heterocycles. The summed E-state index contributed by atoms with van der Waals surface area (Å²) in [6.07, 6.45) is 0.311. The van der Waals surface area contributed by atoms with Crippen molar-refractivity contribution in [3.8, 4) is 5.69 Å². The van der Waals surface area contributed by atoms with Gasteiger partial charge >= 0.3 is 0 Å². The summed E-state index contributed by atoms with van der Waals surface area (Å²) in [7, 11) is 0. The lowest BCUT2D eigenvalue weighted by Crippen LogP contribution is -2.05. The second kappa shape index (κ2) is 5.41. The molecular weight excluding hydrogens is 301 g/mol. The van der Waals surface area contributed by atoms with E-state index in [1.54, 1.807) is 6.07 Å². The summed E-state index contributed by atoms with van der Waals surface area (Å²) in [6, 6.07) is 8.24. The van der Waals surface area contributed by atoms with Gasteiger partial charge in [0.15, 0.2) is 11.6 Å². The van der Waals surface area contributed by atoms with Crippen LogP contribution in [0, 0.1) is 17.5 Å². The van der Waals surface area contributed by atoms with E-state index in [-0.39, 0.29) is 22.6 Å². The van der Waals surface area contributed by atoms with Gasteiger partial charge in [-0.25, -0.2) is 18.2 Å². The molecule has 0 saturated heterocycles. The van der Waals surface area contributed by atoms with Crippen molar-refractivity contribution >= 4 is 22.6 Å². The summed E-state index contributed by atoms with van der Waals surface area (Å²) < 4.78 is 43.0. The third kappa shape index (κ3) is 2.27. The number of nitrogens with zero attached hydrogens (tertiary/aromatic N) is 2. The van der Waals surface area contributed by atoms with Gasteiger partial charge in [-0.2, -0.15) is 0 Å². The molecule has 3 aromatic rings. The maximum absolute atomic E-state index is 14.1. The van der Waals surface area contributed by atoms with Crippen LogP contribution in [0.15, 0.2) is 36.4 Å². The minimum atomic E-state index is -1.05. The van der Waals surface area contributed by atoms with Gasteiger partial charge in [-0.1, -0.05) is 12.1 Å². The Morgan fingerprint density at radius 1 is 1.00 bits per heavy atom. The average Bonchev–Trinajstić information content (AvgIpc) is 2.83. The van der Waals surface area contributed by atoms with Crippen molar-refractivity contribution in [2.24, 2.45) is 0 Å². The van der Waals surface area contributed by atoms with E-state index >= 15 is 0 Å². The van der Waals surface area contributed by atoms with Gasteiger partial charge in [0.1, 0.15) is 17.2 Å². The van der Waals surface area contributed by atoms with Crippen LogP contribution >= 0.6 is 11.6 Å². The van der Waals surface area contributed by atoms with E-state index in [4.69, 9.17) is 11.6 Å². The van der Waals surface area contributed by atoms with Crippen molar-refractivity contribution in [1.82, 2.24) is 9.55 Å². The first kappa shape index (κ1) is 13.9. The molecule has 2 nitrogen and oxygen atoms in total. The minimum Gasteiger partial charge on any atom is -0.290 e. The first-order valence-corrected chi connectivity index (χ1v) is 6.83. The molecule has 0 bridgehead atoms. The van der Waals surface area contributed by atoms with Gasteiger partial charge in [0.2, 0.25) is 0 Å². The highest BCUT2D eigenvalue weighted by Crippen LogP contribution is 2.27. The normalized spacial score (nSPS) is 11.2. The first-order valence-electron chi connectivity index (χ1n) is 6.29. The highest BCUT2D eigenvalue weighted by atomic mass is 35.5. The SMILES string of the molecule is Fc1ccccc1-n1c(CCCl)nc2ccc(F)c(F)c21. The maximum atomic E-state index is 14.1. The zero-order chi connectivity index (χ0) is 15.0. The predicted octanol–water partition coefficient (Wildman–Crippen LogP) is 4.22. The topological polar surface area (TPSA) is 17.8 Å². The van der Waals surface area contributed by atoms with Gasteiger partial charge in [-0.05, 0) is 24.3 Å². The van der Waals surface area contributed by atoms with E-state index in [1.807, 2.05) is 0 Å². The highest BCUT2D eigenvalue weighted by molar-refractivity contribution is 6.17. The molecule has 3 rings (SSSR count). The molecule has 2 aromatic carbocycles. The summed E-state index contributed by atoms with van der Waals surface area (Å²) >= 11 is 5.72. The monoisotopic (exact) mass is 310 g/mol. The Kier molecular flexibility index (Phi) is 3.59. The number of aromatic nitrogens is 2.